The lowest BCUT2D eigenvalue weighted by Crippen LogP contribution is -2.28. The highest BCUT2D eigenvalue weighted by Crippen LogP contribution is 2.26. The number of rotatable bonds is 9. The lowest BCUT2D eigenvalue weighted by molar-refractivity contribution is 0.0949. The van der Waals surface area contributed by atoms with Crippen LogP contribution >= 0.6 is 11.8 Å². The van der Waals surface area contributed by atoms with Gasteiger partial charge >= 0.3 is 0 Å². The van der Waals surface area contributed by atoms with Crippen molar-refractivity contribution in [1.82, 2.24) is 24.5 Å². The third-order valence-electron chi connectivity index (χ3n) is 5.92. The Morgan fingerprint density at radius 1 is 1.03 bits per heavy atom. The minimum absolute atomic E-state index is 0.107. The van der Waals surface area contributed by atoms with E-state index in [-0.39, 0.29) is 11.5 Å². The predicted molar refractivity (Wildman–Crippen MR) is 142 cm³/mol. The first-order chi connectivity index (χ1) is 16.7. The highest BCUT2D eigenvalue weighted by Gasteiger charge is 2.19. The van der Waals surface area contributed by atoms with E-state index in [0.29, 0.717) is 52.3 Å². The molecule has 1 amide bonds. The van der Waals surface area contributed by atoms with Crippen LogP contribution in [0.25, 0.3) is 16.7 Å². The number of thioether (sulfide) groups is 1. The number of aromatic nitrogens is 4. The molecule has 0 radical (unpaired) electrons. The van der Waals surface area contributed by atoms with Gasteiger partial charge in [0.1, 0.15) is 0 Å². The van der Waals surface area contributed by atoms with Crippen molar-refractivity contribution < 1.29 is 4.79 Å². The molecule has 0 spiro atoms. The predicted octanol–water partition coefficient (Wildman–Crippen LogP) is 5.08. The van der Waals surface area contributed by atoms with Crippen LogP contribution in [-0.4, -0.2) is 31.6 Å². The van der Waals surface area contributed by atoms with Gasteiger partial charge in [0, 0.05) is 24.4 Å². The summed E-state index contributed by atoms with van der Waals surface area (Å²) < 4.78 is 3.64. The molecule has 0 saturated carbocycles. The largest absolute Gasteiger partial charge is 0.352 e. The lowest BCUT2D eigenvalue weighted by Gasteiger charge is -2.14. The number of nitrogens with one attached hydrogen (secondary N) is 1. The Morgan fingerprint density at radius 3 is 2.46 bits per heavy atom. The van der Waals surface area contributed by atoms with Crippen LogP contribution in [0, 0.1) is 18.8 Å². The topological polar surface area (TPSA) is 81.3 Å². The molecule has 2 aromatic carbocycles. The Kier molecular flexibility index (Phi) is 7.60. The summed E-state index contributed by atoms with van der Waals surface area (Å²) >= 11 is 1.57. The summed E-state index contributed by atoms with van der Waals surface area (Å²) in [6.07, 6.45) is 0.857. The molecule has 0 saturated heterocycles. The second-order valence-electron chi connectivity index (χ2n) is 9.87. The molecule has 8 heteroatoms. The Labute approximate surface area is 210 Å². The number of aryl methyl sites for hydroxylation is 2. The van der Waals surface area contributed by atoms with Crippen molar-refractivity contribution in [1.29, 1.82) is 0 Å². The van der Waals surface area contributed by atoms with Gasteiger partial charge in [-0.15, -0.1) is 10.2 Å². The molecule has 0 aliphatic rings. The van der Waals surface area contributed by atoms with Gasteiger partial charge in [0.25, 0.3) is 11.5 Å². The number of hydrogen-bond acceptors (Lipinski definition) is 5. The highest BCUT2D eigenvalue weighted by atomic mass is 32.2. The molecule has 2 aromatic heterocycles. The van der Waals surface area contributed by atoms with Gasteiger partial charge in [-0.25, -0.2) is 0 Å². The monoisotopic (exact) mass is 491 g/mol. The third kappa shape index (κ3) is 5.59. The molecule has 0 aliphatic carbocycles. The summed E-state index contributed by atoms with van der Waals surface area (Å²) in [7, 11) is 0. The van der Waals surface area contributed by atoms with Gasteiger partial charge in [-0.2, -0.15) is 0 Å². The number of fused-ring (bicyclic) bond motifs is 3. The van der Waals surface area contributed by atoms with E-state index in [4.69, 9.17) is 0 Å². The fourth-order valence-corrected chi connectivity index (χ4v) is 4.73. The fourth-order valence-electron chi connectivity index (χ4n) is 3.84. The molecule has 0 atom stereocenters. The molecule has 4 aromatic rings. The molecule has 4 rings (SSSR count). The normalized spacial score (nSPS) is 11.7. The van der Waals surface area contributed by atoms with Crippen LogP contribution < -0.4 is 10.9 Å². The van der Waals surface area contributed by atoms with Crippen molar-refractivity contribution in [2.75, 3.05) is 6.54 Å². The zero-order valence-corrected chi connectivity index (χ0v) is 21.9. The molecule has 7 nitrogen and oxygen atoms in total. The van der Waals surface area contributed by atoms with E-state index in [1.54, 1.807) is 34.5 Å². The van der Waals surface area contributed by atoms with Crippen molar-refractivity contribution in [2.24, 2.45) is 11.8 Å². The van der Waals surface area contributed by atoms with Crippen LogP contribution in [0.4, 0.5) is 0 Å². The van der Waals surface area contributed by atoms with Crippen molar-refractivity contribution in [3.63, 3.8) is 0 Å². The van der Waals surface area contributed by atoms with Gasteiger partial charge in [-0.1, -0.05) is 69.3 Å². The van der Waals surface area contributed by atoms with E-state index in [1.165, 1.54) is 11.1 Å². The van der Waals surface area contributed by atoms with E-state index < -0.39 is 0 Å². The summed E-state index contributed by atoms with van der Waals surface area (Å²) in [5.74, 6) is 1.88. The van der Waals surface area contributed by atoms with E-state index in [1.807, 2.05) is 4.40 Å². The van der Waals surface area contributed by atoms with E-state index in [0.717, 1.165) is 12.2 Å². The summed E-state index contributed by atoms with van der Waals surface area (Å²) in [5, 5.41) is 13.1. The average molecular weight is 492 g/mol. The number of amides is 1. The maximum Gasteiger partial charge on any atom is 0.262 e. The number of benzene rings is 2. The molecule has 35 heavy (non-hydrogen) atoms. The van der Waals surface area contributed by atoms with Crippen molar-refractivity contribution >= 4 is 34.3 Å². The Hall–Kier alpha value is -3.13. The zero-order valence-electron chi connectivity index (χ0n) is 21.0. The molecule has 184 valence electrons. The first-order valence-corrected chi connectivity index (χ1v) is 13.1. The second kappa shape index (κ2) is 10.6. The van der Waals surface area contributed by atoms with Crippen molar-refractivity contribution in [3.8, 4) is 0 Å². The summed E-state index contributed by atoms with van der Waals surface area (Å²) in [6.45, 7) is 11.6. The van der Waals surface area contributed by atoms with Crippen LogP contribution in [0.3, 0.4) is 0 Å². The van der Waals surface area contributed by atoms with Crippen LogP contribution in [0.5, 0.6) is 0 Å². The van der Waals surface area contributed by atoms with Crippen molar-refractivity contribution in [2.45, 2.75) is 58.5 Å². The van der Waals surface area contributed by atoms with Crippen LogP contribution in [-0.2, 0) is 12.3 Å². The van der Waals surface area contributed by atoms with Crippen LogP contribution in [0.1, 0.15) is 55.6 Å². The van der Waals surface area contributed by atoms with Gasteiger partial charge < -0.3 is 5.32 Å². The Balaban J connectivity index is 1.81. The van der Waals surface area contributed by atoms with Gasteiger partial charge in [-0.05, 0) is 48.9 Å². The average Bonchev–Trinajstić information content (AvgIpc) is 3.25. The van der Waals surface area contributed by atoms with E-state index in [9.17, 15) is 9.59 Å². The third-order valence-corrected chi connectivity index (χ3v) is 6.92. The maximum absolute atomic E-state index is 13.4. The first kappa shape index (κ1) is 25.0. The minimum atomic E-state index is -0.153. The van der Waals surface area contributed by atoms with E-state index >= 15 is 0 Å². The number of hydrogen-bond donors (Lipinski definition) is 1. The Bertz CT molecular complexity index is 1400. The van der Waals surface area contributed by atoms with Crippen LogP contribution in [0.15, 0.2) is 52.4 Å². The molecule has 0 bridgehead atoms. The molecule has 0 fully saturated rings. The smallest absolute Gasteiger partial charge is 0.262 e. The lowest BCUT2D eigenvalue weighted by atomic mass is 10.1. The number of carbonyl (C=O) groups is 1. The Morgan fingerprint density at radius 2 is 1.77 bits per heavy atom. The molecule has 2 heterocycles. The number of nitrogens with zero attached hydrogens (tertiary/aromatic N) is 4. The van der Waals surface area contributed by atoms with Gasteiger partial charge in [0.2, 0.25) is 5.78 Å². The SMILES string of the molecule is Cc1ccc(CSc2nnc3n(CCC(C)C)c(=O)c4ccc(C(=O)NCC(C)C)cc4n23)cc1. The van der Waals surface area contributed by atoms with Gasteiger partial charge in [0.05, 0.1) is 10.9 Å². The summed E-state index contributed by atoms with van der Waals surface area (Å²) in [4.78, 5) is 26.2. The molecule has 0 aliphatic heterocycles. The fraction of sp³-hybridized carbons (Fsp3) is 0.407. The summed E-state index contributed by atoms with van der Waals surface area (Å²) in [6, 6.07) is 13.7. The second-order valence-corrected chi connectivity index (χ2v) is 10.8. The minimum Gasteiger partial charge on any atom is -0.352 e. The highest BCUT2D eigenvalue weighted by molar-refractivity contribution is 7.98. The van der Waals surface area contributed by atoms with Crippen LogP contribution in [0.2, 0.25) is 0 Å². The standard InChI is InChI=1S/C27H33N5O2S/c1-17(2)12-13-31-25(34)22-11-10-21(24(33)28-15-18(3)4)14-23(22)32-26(31)29-30-27(32)35-16-20-8-6-19(5)7-9-20/h6-11,14,17-18H,12-13,15-16H2,1-5H3,(H,28,33). The van der Waals surface area contributed by atoms with Gasteiger partial charge in [-0.3, -0.25) is 18.6 Å². The molecule has 0 unspecified atom stereocenters. The summed E-state index contributed by atoms with van der Waals surface area (Å²) in [5.41, 5.74) is 3.46. The van der Waals surface area contributed by atoms with E-state index in [2.05, 4.69) is 74.4 Å². The maximum atomic E-state index is 13.4. The zero-order chi connectivity index (χ0) is 25.1. The van der Waals surface area contributed by atoms with Crippen molar-refractivity contribution in [3.05, 3.63) is 69.5 Å². The molecular formula is C27H33N5O2S. The van der Waals surface area contributed by atoms with Gasteiger partial charge in [0.15, 0.2) is 5.16 Å². The quantitative estimate of drug-likeness (QED) is 0.330. The molecular weight excluding hydrogens is 458 g/mol. The number of carbonyl (C=O) groups excluding carboxylic acids is 1. The molecule has 1 N–H and O–H groups in total. The first-order valence-electron chi connectivity index (χ1n) is 12.1.